The van der Waals surface area contributed by atoms with E-state index in [2.05, 4.69) is 40.6 Å². The first-order valence-electron chi connectivity index (χ1n) is 7.06. The van der Waals surface area contributed by atoms with Crippen molar-refractivity contribution in [1.29, 1.82) is 0 Å². The van der Waals surface area contributed by atoms with E-state index in [9.17, 15) is 0 Å². The lowest BCUT2D eigenvalue weighted by molar-refractivity contribution is 0.415. The molecule has 0 aliphatic heterocycles. The lowest BCUT2D eigenvalue weighted by atomic mass is 9.76. The number of nitrogens with one attached hydrogen (secondary N) is 1. The zero-order valence-electron chi connectivity index (χ0n) is 11.3. The van der Waals surface area contributed by atoms with Crippen LogP contribution in [-0.2, 0) is 0 Å². The van der Waals surface area contributed by atoms with E-state index in [0.717, 1.165) is 5.92 Å². The highest BCUT2D eigenvalue weighted by Crippen LogP contribution is 2.40. The second kappa shape index (κ2) is 5.54. The molecule has 0 radical (unpaired) electrons. The van der Waals surface area contributed by atoms with E-state index in [4.69, 9.17) is 0 Å². The molecule has 1 aromatic heterocycles. The summed E-state index contributed by atoms with van der Waals surface area (Å²) < 4.78 is 0. The molecule has 1 aliphatic rings. The Labute approximate surface area is 114 Å². The summed E-state index contributed by atoms with van der Waals surface area (Å²) in [5, 5.41) is 3.44. The fourth-order valence-corrected chi connectivity index (χ4v) is 2.91. The van der Waals surface area contributed by atoms with Crippen LogP contribution in [0, 0.1) is 0 Å². The van der Waals surface area contributed by atoms with Gasteiger partial charge in [-0.15, -0.1) is 0 Å². The summed E-state index contributed by atoms with van der Waals surface area (Å²) in [5.41, 5.74) is 4.15. The molecule has 2 nitrogen and oxygen atoms in total. The Balaban J connectivity index is 1.99. The molecule has 1 heterocycles. The molecule has 1 atom stereocenters. The minimum Gasteiger partial charge on any atom is -0.309 e. The van der Waals surface area contributed by atoms with Gasteiger partial charge in [0, 0.05) is 12.4 Å². The Morgan fingerprint density at radius 1 is 1.16 bits per heavy atom. The molecule has 0 saturated heterocycles. The van der Waals surface area contributed by atoms with Crippen LogP contribution in [-0.4, -0.2) is 12.0 Å². The Morgan fingerprint density at radius 3 is 2.63 bits per heavy atom. The first-order valence-corrected chi connectivity index (χ1v) is 7.06. The van der Waals surface area contributed by atoms with Crippen LogP contribution in [0.4, 0.5) is 0 Å². The number of nitrogens with zero attached hydrogens (tertiary/aromatic N) is 1. The van der Waals surface area contributed by atoms with Crippen molar-refractivity contribution >= 4 is 0 Å². The van der Waals surface area contributed by atoms with E-state index < -0.39 is 0 Å². The van der Waals surface area contributed by atoms with Crippen molar-refractivity contribution in [1.82, 2.24) is 10.3 Å². The van der Waals surface area contributed by atoms with Gasteiger partial charge in [0.2, 0.25) is 0 Å². The molecule has 1 saturated carbocycles. The quantitative estimate of drug-likeness (QED) is 0.898. The van der Waals surface area contributed by atoms with Gasteiger partial charge in [0.05, 0.1) is 6.04 Å². The van der Waals surface area contributed by atoms with Crippen molar-refractivity contribution in [2.24, 2.45) is 0 Å². The van der Waals surface area contributed by atoms with Crippen LogP contribution >= 0.6 is 0 Å². The first-order chi connectivity index (χ1) is 9.40. The number of benzene rings is 1. The minimum absolute atomic E-state index is 0.241. The van der Waals surface area contributed by atoms with E-state index in [0.29, 0.717) is 0 Å². The van der Waals surface area contributed by atoms with Gasteiger partial charge in [-0.1, -0.05) is 36.8 Å². The highest BCUT2D eigenvalue weighted by molar-refractivity contribution is 5.39. The molecule has 2 heteroatoms. The van der Waals surface area contributed by atoms with Gasteiger partial charge in [-0.2, -0.15) is 0 Å². The molecule has 3 rings (SSSR count). The first kappa shape index (κ1) is 12.4. The highest BCUT2D eigenvalue weighted by Gasteiger charge is 2.24. The molecule has 0 spiro atoms. The molecular weight excluding hydrogens is 232 g/mol. The second-order valence-electron chi connectivity index (χ2n) is 5.26. The van der Waals surface area contributed by atoms with Crippen LogP contribution in [0.1, 0.15) is 47.9 Å². The fraction of sp³-hybridized carbons (Fsp3) is 0.353. The molecule has 98 valence electrons. The average Bonchev–Trinajstić information content (AvgIpc) is 2.41. The SMILES string of the molecule is CNC(c1cccnc1)c1ccccc1C1CCC1. The number of hydrogen-bond donors (Lipinski definition) is 1. The van der Waals surface area contributed by atoms with Gasteiger partial charge in [-0.25, -0.2) is 0 Å². The minimum atomic E-state index is 0.241. The maximum Gasteiger partial charge on any atom is 0.0592 e. The van der Waals surface area contributed by atoms with E-state index in [1.54, 1.807) is 0 Å². The van der Waals surface area contributed by atoms with Crippen LogP contribution in [0.3, 0.4) is 0 Å². The Bertz CT molecular complexity index is 532. The topological polar surface area (TPSA) is 24.9 Å². The van der Waals surface area contributed by atoms with Gasteiger partial charge in [0.1, 0.15) is 0 Å². The summed E-state index contributed by atoms with van der Waals surface area (Å²) in [7, 11) is 2.02. The highest BCUT2D eigenvalue weighted by atomic mass is 14.9. The van der Waals surface area contributed by atoms with E-state index in [1.165, 1.54) is 36.0 Å². The van der Waals surface area contributed by atoms with Crippen LogP contribution in [0.5, 0.6) is 0 Å². The smallest absolute Gasteiger partial charge is 0.0592 e. The average molecular weight is 252 g/mol. The molecular formula is C17H20N2. The third-order valence-corrected chi connectivity index (χ3v) is 4.16. The molecule has 1 aliphatic carbocycles. The van der Waals surface area contributed by atoms with Gasteiger partial charge >= 0.3 is 0 Å². The number of rotatable bonds is 4. The molecule has 1 unspecified atom stereocenters. The summed E-state index contributed by atoms with van der Waals surface area (Å²) in [5.74, 6) is 0.753. The summed E-state index contributed by atoms with van der Waals surface area (Å²) in [6, 6.07) is 13.2. The lowest BCUT2D eigenvalue weighted by Crippen LogP contribution is -2.21. The summed E-state index contributed by atoms with van der Waals surface area (Å²) in [6.45, 7) is 0. The largest absolute Gasteiger partial charge is 0.309 e. The van der Waals surface area contributed by atoms with Gasteiger partial charge in [0.15, 0.2) is 0 Å². The number of hydrogen-bond acceptors (Lipinski definition) is 2. The molecule has 0 bridgehead atoms. The predicted octanol–water partition coefficient (Wildman–Crippen LogP) is 3.66. The monoisotopic (exact) mass is 252 g/mol. The Kier molecular flexibility index (Phi) is 3.60. The number of aromatic nitrogens is 1. The molecule has 1 aromatic carbocycles. The normalized spacial score (nSPS) is 16.9. The maximum atomic E-state index is 4.25. The maximum absolute atomic E-state index is 4.25. The predicted molar refractivity (Wildman–Crippen MR) is 78.2 cm³/mol. The zero-order chi connectivity index (χ0) is 13.1. The summed E-state index contributed by atoms with van der Waals surface area (Å²) in [4.78, 5) is 4.25. The van der Waals surface area contributed by atoms with Crippen LogP contribution < -0.4 is 5.32 Å². The van der Waals surface area contributed by atoms with E-state index >= 15 is 0 Å². The Hall–Kier alpha value is -1.67. The molecule has 1 N–H and O–H groups in total. The third kappa shape index (κ3) is 2.41. The Morgan fingerprint density at radius 2 is 2.00 bits per heavy atom. The zero-order valence-corrected chi connectivity index (χ0v) is 11.3. The molecule has 19 heavy (non-hydrogen) atoms. The van der Waals surface area contributed by atoms with Crippen molar-refractivity contribution in [2.75, 3.05) is 7.05 Å². The summed E-state index contributed by atoms with van der Waals surface area (Å²) in [6.07, 6.45) is 7.82. The lowest BCUT2D eigenvalue weighted by Gasteiger charge is -2.30. The van der Waals surface area contributed by atoms with Gasteiger partial charge < -0.3 is 5.32 Å². The van der Waals surface area contributed by atoms with E-state index in [-0.39, 0.29) is 6.04 Å². The van der Waals surface area contributed by atoms with E-state index in [1.807, 2.05) is 25.5 Å². The second-order valence-corrected chi connectivity index (χ2v) is 5.26. The fourth-order valence-electron chi connectivity index (χ4n) is 2.91. The van der Waals surface area contributed by atoms with Gasteiger partial charge in [-0.05, 0) is 48.6 Å². The molecule has 2 aromatic rings. The van der Waals surface area contributed by atoms with Crippen molar-refractivity contribution in [3.63, 3.8) is 0 Å². The standard InChI is InChI=1S/C17H20N2/c1-18-17(14-8-5-11-19-12-14)16-10-3-2-9-15(16)13-6-4-7-13/h2-3,5,8-13,17-18H,4,6-7H2,1H3. The number of pyridine rings is 1. The van der Waals surface area contributed by atoms with Crippen molar-refractivity contribution in [3.05, 3.63) is 65.5 Å². The van der Waals surface area contributed by atoms with Crippen molar-refractivity contribution < 1.29 is 0 Å². The van der Waals surface area contributed by atoms with Crippen LogP contribution in [0.2, 0.25) is 0 Å². The van der Waals surface area contributed by atoms with Crippen molar-refractivity contribution in [2.45, 2.75) is 31.2 Å². The van der Waals surface area contributed by atoms with Gasteiger partial charge in [0.25, 0.3) is 0 Å². The third-order valence-electron chi connectivity index (χ3n) is 4.16. The molecule has 1 fully saturated rings. The summed E-state index contributed by atoms with van der Waals surface area (Å²) >= 11 is 0. The molecule has 0 amide bonds. The van der Waals surface area contributed by atoms with Crippen LogP contribution in [0.25, 0.3) is 0 Å². The van der Waals surface area contributed by atoms with Crippen LogP contribution in [0.15, 0.2) is 48.8 Å². The van der Waals surface area contributed by atoms with Crippen molar-refractivity contribution in [3.8, 4) is 0 Å². The van der Waals surface area contributed by atoms with Gasteiger partial charge in [-0.3, -0.25) is 4.98 Å².